The van der Waals surface area contributed by atoms with Crippen molar-refractivity contribution in [3.63, 3.8) is 0 Å². The average molecular weight is 289 g/mol. The number of ether oxygens (including phenoxy) is 1. The number of aryl methyl sites for hydroxylation is 2. The van der Waals surface area contributed by atoms with E-state index < -0.39 is 6.10 Å². The van der Waals surface area contributed by atoms with Crippen LogP contribution in [0.2, 0.25) is 5.02 Å². The molecule has 2 atom stereocenters. The summed E-state index contributed by atoms with van der Waals surface area (Å²) in [4.78, 5) is 0. The van der Waals surface area contributed by atoms with Crippen LogP contribution in [-0.4, -0.2) is 5.11 Å². The van der Waals surface area contributed by atoms with Crippen molar-refractivity contribution in [1.82, 2.24) is 0 Å². The first-order valence-corrected chi connectivity index (χ1v) is 7.13. The van der Waals surface area contributed by atoms with Crippen LogP contribution in [0.1, 0.15) is 40.9 Å². The molecule has 1 aliphatic heterocycles. The zero-order valence-corrected chi connectivity index (χ0v) is 12.3. The van der Waals surface area contributed by atoms with E-state index in [1.54, 1.807) is 12.1 Å². The summed E-state index contributed by atoms with van der Waals surface area (Å²) in [7, 11) is 0. The van der Waals surface area contributed by atoms with E-state index >= 15 is 0 Å². The molecule has 0 fully saturated rings. The molecular formula is C17H17ClO2. The summed E-state index contributed by atoms with van der Waals surface area (Å²) in [6.45, 7) is 4.15. The topological polar surface area (TPSA) is 29.5 Å². The predicted octanol–water partition coefficient (Wildman–Crippen LogP) is 4.51. The second kappa shape index (κ2) is 5.12. The SMILES string of the molecule is Cc1ccc(C2C[C@@H](O)c3cc(Cl)ccc3O2)c(C)c1. The Morgan fingerprint density at radius 3 is 2.65 bits per heavy atom. The smallest absolute Gasteiger partial charge is 0.127 e. The highest BCUT2D eigenvalue weighted by molar-refractivity contribution is 6.30. The van der Waals surface area contributed by atoms with Gasteiger partial charge in [-0.15, -0.1) is 0 Å². The lowest BCUT2D eigenvalue weighted by atomic mass is 9.92. The Bertz CT molecular complexity index is 651. The zero-order valence-electron chi connectivity index (χ0n) is 11.6. The third kappa shape index (κ3) is 2.41. The first kappa shape index (κ1) is 13.5. The highest BCUT2D eigenvalue weighted by atomic mass is 35.5. The van der Waals surface area contributed by atoms with Crippen molar-refractivity contribution in [2.45, 2.75) is 32.5 Å². The Kier molecular flexibility index (Phi) is 3.45. The van der Waals surface area contributed by atoms with Crippen LogP contribution in [0, 0.1) is 13.8 Å². The maximum absolute atomic E-state index is 10.3. The maximum atomic E-state index is 10.3. The van der Waals surface area contributed by atoms with Gasteiger partial charge < -0.3 is 9.84 Å². The molecule has 3 heteroatoms. The first-order valence-electron chi connectivity index (χ1n) is 6.76. The number of aliphatic hydroxyl groups is 1. The van der Waals surface area contributed by atoms with Crippen LogP contribution in [-0.2, 0) is 0 Å². The normalized spacial score (nSPS) is 21.2. The first-order chi connectivity index (χ1) is 9.54. The number of halogens is 1. The van der Waals surface area contributed by atoms with E-state index in [4.69, 9.17) is 16.3 Å². The highest BCUT2D eigenvalue weighted by Gasteiger charge is 2.28. The minimum atomic E-state index is -0.539. The zero-order chi connectivity index (χ0) is 14.3. The standard InChI is InChI=1S/C17H17ClO2/c1-10-3-5-13(11(2)7-10)17-9-15(19)14-8-12(18)4-6-16(14)20-17/h3-8,15,17,19H,9H2,1-2H3/t15-,17?/m1/s1. The number of aliphatic hydroxyl groups excluding tert-OH is 1. The van der Waals surface area contributed by atoms with Gasteiger partial charge in [0.15, 0.2) is 0 Å². The van der Waals surface area contributed by atoms with Crippen LogP contribution in [0.4, 0.5) is 0 Å². The van der Waals surface area contributed by atoms with Gasteiger partial charge in [-0.1, -0.05) is 35.4 Å². The third-order valence-electron chi connectivity index (χ3n) is 3.81. The molecule has 0 spiro atoms. The number of hydrogen-bond acceptors (Lipinski definition) is 2. The molecule has 1 heterocycles. The number of fused-ring (bicyclic) bond motifs is 1. The maximum Gasteiger partial charge on any atom is 0.127 e. The molecule has 3 rings (SSSR count). The van der Waals surface area contributed by atoms with Gasteiger partial charge in [0.2, 0.25) is 0 Å². The molecule has 0 aromatic heterocycles. The van der Waals surface area contributed by atoms with Crippen LogP contribution in [0.25, 0.3) is 0 Å². The summed E-state index contributed by atoms with van der Waals surface area (Å²) in [6.07, 6.45) is -0.0977. The Hall–Kier alpha value is -1.51. The molecule has 0 radical (unpaired) electrons. The van der Waals surface area contributed by atoms with Gasteiger partial charge in [0.25, 0.3) is 0 Å². The van der Waals surface area contributed by atoms with Crippen molar-refractivity contribution in [1.29, 1.82) is 0 Å². The van der Waals surface area contributed by atoms with Crippen molar-refractivity contribution in [2.75, 3.05) is 0 Å². The molecule has 1 N–H and O–H groups in total. The van der Waals surface area contributed by atoms with Crippen LogP contribution in [0.3, 0.4) is 0 Å². The molecule has 0 saturated carbocycles. The summed E-state index contributed by atoms with van der Waals surface area (Å²) in [5.74, 6) is 0.720. The molecule has 1 unspecified atom stereocenters. The lowest BCUT2D eigenvalue weighted by Gasteiger charge is -2.31. The average Bonchev–Trinajstić information content (AvgIpc) is 2.39. The van der Waals surface area contributed by atoms with Crippen molar-refractivity contribution in [3.8, 4) is 5.75 Å². The minimum Gasteiger partial charge on any atom is -0.485 e. The van der Waals surface area contributed by atoms with Gasteiger partial charge >= 0.3 is 0 Å². The van der Waals surface area contributed by atoms with Gasteiger partial charge in [-0.2, -0.15) is 0 Å². The summed E-state index contributed by atoms with van der Waals surface area (Å²) in [5.41, 5.74) is 4.34. The lowest BCUT2D eigenvalue weighted by Crippen LogP contribution is -2.19. The van der Waals surface area contributed by atoms with Crippen LogP contribution < -0.4 is 4.74 Å². The summed E-state index contributed by atoms with van der Waals surface area (Å²) >= 11 is 5.97. The van der Waals surface area contributed by atoms with Crippen molar-refractivity contribution in [3.05, 3.63) is 63.7 Å². The van der Waals surface area contributed by atoms with Gasteiger partial charge in [0.1, 0.15) is 11.9 Å². The minimum absolute atomic E-state index is 0.112. The summed E-state index contributed by atoms with van der Waals surface area (Å²) < 4.78 is 6.05. The van der Waals surface area contributed by atoms with Crippen LogP contribution in [0.15, 0.2) is 36.4 Å². The fraction of sp³-hybridized carbons (Fsp3) is 0.294. The monoisotopic (exact) mass is 288 g/mol. The molecule has 1 aliphatic rings. The molecule has 2 aromatic carbocycles. The van der Waals surface area contributed by atoms with Gasteiger partial charge in [-0.25, -0.2) is 0 Å². The van der Waals surface area contributed by atoms with Gasteiger partial charge in [-0.3, -0.25) is 0 Å². The van der Waals surface area contributed by atoms with E-state index in [1.807, 2.05) is 6.07 Å². The quantitative estimate of drug-likeness (QED) is 0.836. The molecule has 0 aliphatic carbocycles. The van der Waals surface area contributed by atoms with Gasteiger partial charge in [-0.05, 0) is 43.2 Å². The summed E-state index contributed by atoms with van der Waals surface area (Å²) in [6, 6.07) is 11.7. The highest BCUT2D eigenvalue weighted by Crippen LogP contribution is 2.42. The molecule has 2 nitrogen and oxygen atoms in total. The van der Waals surface area contributed by atoms with E-state index in [-0.39, 0.29) is 6.10 Å². The van der Waals surface area contributed by atoms with Crippen LogP contribution in [0.5, 0.6) is 5.75 Å². The van der Waals surface area contributed by atoms with E-state index in [1.165, 1.54) is 11.1 Å². The number of benzene rings is 2. The predicted molar refractivity (Wildman–Crippen MR) is 80.3 cm³/mol. The number of hydrogen-bond donors (Lipinski definition) is 1. The molecule has 0 bridgehead atoms. The summed E-state index contributed by atoms with van der Waals surface area (Å²) in [5, 5.41) is 10.9. The molecule has 0 amide bonds. The van der Waals surface area contributed by atoms with Gasteiger partial charge in [0, 0.05) is 17.0 Å². The molecular weight excluding hydrogens is 272 g/mol. The van der Waals surface area contributed by atoms with E-state index in [2.05, 4.69) is 32.0 Å². The Balaban J connectivity index is 1.97. The van der Waals surface area contributed by atoms with E-state index in [0.29, 0.717) is 11.4 Å². The fourth-order valence-electron chi connectivity index (χ4n) is 2.80. The second-order valence-electron chi connectivity index (χ2n) is 5.40. The molecule has 20 heavy (non-hydrogen) atoms. The Morgan fingerprint density at radius 1 is 1.10 bits per heavy atom. The number of rotatable bonds is 1. The van der Waals surface area contributed by atoms with Crippen LogP contribution >= 0.6 is 11.6 Å². The van der Waals surface area contributed by atoms with Crippen molar-refractivity contribution in [2.24, 2.45) is 0 Å². The third-order valence-corrected chi connectivity index (χ3v) is 4.04. The molecule has 2 aromatic rings. The van der Waals surface area contributed by atoms with E-state index in [0.717, 1.165) is 16.9 Å². The van der Waals surface area contributed by atoms with Crippen molar-refractivity contribution < 1.29 is 9.84 Å². The lowest BCUT2D eigenvalue weighted by molar-refractivity contribution is 0.0655. The van der Waals surface area contributed by atoms with Crippen molar-refractivity contribution >= 4 is 11.6 Å². The van der Waals surface area contributed by atoms with Gasteiger partial charge in [0.05, 0.1) is 6.10 Å². The van der Waals surface area contributed by atoms with E-state index in [9.17, 15) is 5.11 Å². The Labute approximate surface area is 124 Å². The fourth-order valence-corrected chi connectivity index (χ4v) is 2.98. The largest absolute Gasteiger partial charge is 0.485 e. The molecule has 104 valence electrons. The molecule has 0 saturated heterocycles. The second-order valence-corrected chi connectivity index (χ2v) is 5.84. The Morgan fingerprint density at radius 2 is 1.90 bits per heavy atom.